The first-order valence-electron chi connectivity index (χ1n) is 7.13. The lowest BCUT2D eigenvalue weighted by Gasteiger charge is -2.06. The number of ether oxygens (including phenoxy) is 1. The van der Waals surface area contributed by atoms with Crippen LogP contribution in [-0.4, -0.2) is 28.1 Å². The van der Waals surface area contributed by atoms with Crippen LogP contribution in [0.5, 0.6) is 0 Å². The zero-order valence-electron chi connectivity index (χ0n) is 12.7. The molecule has 0 spiro atoms. The molecule has 2 heterocycles. The van der Waals surface area contributed by atoms with Gasteiger partial charge in [0.25, 0.3) is 5.91 Å². The van der Waals surface area contributed by atoms with Gasteiger partial charge in [-0.25, -0.2) is 4.79 Å². The van der Waals surface area contributed by atoms with Crippen molar-refractivity contribution in [1.29, 1.82) is 0 Å². The van der Waals surface area contributed by atoms with Crippen molar-refractivity contribution < 1.29 is 14.3 Å². The van der Waals surface area contributed by atoms with Gasteiger partial charge in [-0.3, -0.25) is 4.79 Å². The highest BCUT2D eigenvalue weighted by Crippen LogP contribution is 2.28. The van der Waals surface area contributed by atoms with Crippen LogP contribution in [0.15, 0.2) is 41.8 Å². The number of benzene rings is 1. The number of hydrogen-bond donors (Lipinski definition) is 1. The molecule has 0 radical (unpaired) electrons. The number of carbonyl (C=O) groups is 2. The molecule has 1 amide bonds. The predicted molar refractivity (Wildman–Crippen MR) is 93.6 cm³/mol. The largest absolute Gasteiger partial charge is 0.462 e. The molecule has 0 atom stereocenters. The molecule has 24 heavy (non-hydrogen) atoms. The van der Waals surface area contributed by atoms with E-state index in [2.05, 4.69) is 14.9 Å². The molecule has 0 saturated carbocycles. The fourth-order valence-corrected chi connectivity index (χ4v) is 3.36. The van der Waals surface area contributed by atoms with Gasteiger partial charge in [0, 0.05) is 5.69 Å². The monoisotopic (exact) mass is 359 g/mol. The summed E-state index contributed by atoms with van der Waals surface area (Å²) in [5.41, 5.74) is 1.60. The molecule has 8 heteroatoms. The lowest BCUT2D eigenvalue weighted by molar-refractivity contribution is 0.0526. The van der Waals surface area contributed by atoms with Gasteiger partial charge in [0.2, 0.25) is 0 Å². The zero-order chi connectivity index (χ0) is 16.9. The van der Waals surface area contributed by atoms with Crippen molar-refractivity contribution in [2.45, 2.75) is 6.92 Å². The molecule has 0 aliphatic rings. The second-order valence-electron chi connectivity index (χ2n) is 4.68. The van der Waals surface area contributed by atoms with Crippen molar-refractivity contribution in [2.24, 2.45) is 0 Å². The quantitative estimate of drug-likeness (QED) is 0.703. The van der Waals surface area contributed by atoms with Gasteiger partial charge < -0.3 is 10.1 Å². The summed E-state index contributed by atoms with van der Waals surface area (Å²) in [6, 6.07) is 10.3. The molecule has 1 aromatic carbocycles. The SMILES string of the molecule is CCOC(=O)c1ccc(NC(=O)c2snnc2-c2cccs2)cc1. The van der Waals surface area contributed by atoms with E-state index in [0.717, 1.165) is 16.4 Å². The van der Waals surface area contributed by atoms with E-state index in [1.54, 1.807) is 31.2 Å². The van der Waals surface area contributed by atoms with Crippen molar-refractivity contribution in [1.82, 2.24) is 9.59 Å². The Morgan fingerprint density at radius 1 is 1.21 bits per heavy atom. The molecule has 3 rings (SSSR count). The molecular weight excluding hydrogens is 346 g/mol. The number of anilines is 1. The van der Waals surface area contributed by atoms with E-state index in [4.69, 9.17) is 4.74 Å². The van der Waals surface area contributed by atoms with Crippen LogP contribution in [0.3, 0.4) is 0 Å². The standard InChI is InChI=1S/C16H13N3O3S2/c1-2-22-16(21)10-5-7-11(8-6-10)17-15(20)14-13(18-19-24-14)12-4-3-9-23-12/h3-9H,2H2,1H3,(H,17,20). The second kappa shape index (κ2) is 7.33. The summed E-state index contributed by atoms with van der Waals surface area (Å²) in [7, 11) is 0. The van der Waals surface area contributed by atoms with Crippen LogP contribution in [0.25, 0.3) is 10.6 Å². The maximum absolute atomic E-state index is 12.4. The Kier molecular flexibility index (Phi) is 4.97. The fraction of sp³-hybridized carbons (Fsp3) is 0.125. The average Bonchev–Trinajstić information content (AvgIpc) is 3.26. The van der Waals surface area contributed by atoms with Gasteiger partial charge in [-0.05, 0) is 54.2 Å². The lowest BCUT2D eigenvalue weighted by Crippen LogP contribution is -2.11. The molecule has 0 bridgehead atoms. The van der Waals surface area contributed by atoms with Crippen LogP contribution in [0.2, 0.25) is 0 Å². The number of hydrogen-bond acceptors (Lipinski definition) is 7. The highest BCUT2D eigenvalue weighted by molar-refractivity contribution is 7.14. The second-order valence-corrected chi connectivity index (χ2v) is 6.38. The van der Waals surface area contributed by atoms with Crippen molar-refractivity contribution >= 4 is 40.4 Å². The fourth-order valence-electron chi connectivity index (χ4n) is 2.01. The normalized spacial score (nSPS) is 10.4. The maximum Gasteiger partial charge on any atom is 0.338 e. The summed E-state index contributed by atoms with van der Waals surface area (Å²) in [6.45, 7) is 2.07. The molecule has 0 fully saturated rings. The van der Waals surface area contributed by atoms with Gasteiger partial charge in [-0.15, -0.1) is 16.4 Å². The number of carbonyl (C=O) groups excluding carboxylic acids is 2. The summed E-state index contributed by atoms with van der Waals surface area (Å²) in [6.07, 6.45) is 0. The Bertz CT molecular complexity index is 842. The number of nitrogens with zero attached hydrogens (tertiary/aromatic N) is 2. The Balaban J connectivity index is 1.74. The number of aromatic nitrogens is 2. The summed E-state index contributed by atoms with van der Waals surface area (Å²) < 4.78 is 8.80. The van der Waals surface area contributed by atoms with Gasteiger partial charge in [-0.2, -0.15) is 0 Å². The first-order chi connectivity index (χ1) is 11.7. The van der Waals surface area contributed by atoms with E-state index in [9.17, 15) is 9.59 Å². The molecule has 0 unspecified atom stereocenters. The van der Waals surface area contributed by atoms with E-state index in [1.165, 1.54) is 11.3 Å². The Hall–Kier alpha value is -2.58. The van der Waals surface area contributed by atoms with Crippen LogP contribution in [-0.2, 0) is 4.74 Å². The van der Waals surface area contributed by atoms with Gasteiger partial charge >= 0.3 is 5.97 Å². The Morgan fingerprint density at radius 2 is 2.00 bits per heavy atom. The van der Waals surface area contributed by atoms with Crippen molar-refractivity contribution in [2.75, 3.05) is 11.9 Å². The van der Waals surface area contributed by atoms with E-state index < -0.39 is 0 Å². The van der Waals surface area contributed by atoms with Crippen LogP contribution >= 0.6 is 22.9 Å². The minimum atomic E-state index is -0.387. The van der Waals surface area contributed by atoms with Crippen LogP contribution in [0.4, 0.5) is 5.69 Å². The first kappa shape index (κ1) is 16.3. The predicted octanol–water partition coefficient (Wildman–Crippen LogP) is 3.70. The van der Waals surface area contributed by atoms with Crippen LogP contribution in [0, 0.1) is 0 Å². The van der Waals surface area contributed by atoms with Crippen LogP contribution in [0.1, 0.15) is 27.0 Å². The number of esters is 1. The van der Waals surface area contributed by atoms with E-state index in [1.807, 2.05) is 17.5 Å². The number of rotatable bonds is 5. The van der Waals surface area contributed by atoms with E-state index in [-0.39, 0.29) is 11.9 Å². The molecule has 6 nitrogen and oxygen atoms in total. The van der Waals surface area contributed by atoms with Gasteiger partial charge in [-0.1, -0.05) is 10.6 Å². The molecule has 122 valence electrons. The minimum absolute atomic E-state index is 0.280. The van der Waals surface area contributed by atoms with Gasteiger partial charge in [0.15, 0.2) is 0 Å². The summed E-state index contributed by atoms with van der Waals surface area (Å²) in [5.74, 6) is -0.667. The van der Waals surface area contributed by atoms with E-state index >= 15 is 0 Å². The topological polar surface area (TPSA) is 81.2 Å². The smallest absolute Gasteiger partial charge is 0.338 e. The third-order valence-corrected chi connectivity index (χ3v) is 4.70. The Morgan fingerprint density at radius 3 is 2.67 bits per heavy atom. The molecule has 2 aromatic heterocycles. The van der Waals surface area contributed by atoms with Crippen molar-refractivity contribution in [3.05, 3.63) is 52.2 Å². The first-order valence-corrected chi connectivity index (χ1v) is 8.79. The van der Waals surface area contributed by atoms with E-state index in [0.29, 0.717) is 28.4 Å². The lowest BCUT2D eigenvalue weighted by atomic mass is 10.2. The number of nitrogens with one attached hydrogen (secondary N) is 1. The van der Waals surface area contributed by atoms with Crippen LogP contribution < -0.4 is 5.32 Å². The molecule has 0 aliphatic carbocycles. The van der Waals surface area contributed by atoms with Gasteiger partial charge in [0.1, 0.15) is 10.6 Å². The Labute approximate surface area is 146 Å². The maximum atomic E-state index is 12.4. The minimum Gasteiger partial charge on any atom is -0.462 e. The highest BCUT2D eigenvalue weighted by Gasteiger charge is 2.18. The molecule has 1 N–H and O–H groups in total. The molecule has 0 aliphatic heterocycles. The molecule has 0 saturated heterocycles. The number of thiophene rings is 1. The third-order valence-electron chi connectivity index (χ3n) is 3.10. The molecular formula is C16H13N3O3S2. The summed E-state index contributed by atoms with van der Waals surface area (Å²) in [4.78, 5) is 25.4. The highest BCUT2D eigenvalue weighted by atomic mass is 32.1. The third kappa shape index (κ3) is 3.50. The molecule has 3 aromatic rings. The summed E-state index contributed by atoms with van der Waals surface area (Å²) in [5, 5.41) is 8.75. The number of amides is 1. The van der Waals surface area contributed by atoms with Crippen molar-refractivity contribution in [3.8, 4) is 10.6 Å². The van der Waals surface area contributed by atoms with Crippen molar-refractivity contribution in [3.63, 3.8) is 0 Å². The van der Waals surface area contributed by atoms with Gasteiger partial charge in [0.05, 0.1) is 17.0 Å². The zero-order valence-corrected chi connectivity index (χ0v) is 14.3. The average molecular weight is 359 g/mol. The summed E-state index contributed by atoms with van der Waals surface area (Å²) >= 11 is 2.55.